The highest BCUT2D eigenvalue weighted by atomic mass is 79.9. The van der Waals surface area contributed by atoms with Gasteiger partial charge in [0, 0.05) is 10.2 Å². The van der Waals surface area contributed by atoms with E-state index in [0.29, 0.717) is 14.0 Å². The van der Waals surface area contributed by atoms with Crippen LogP contribution in [0.4, 0.5) is 0 Å². The zero-order chi connectivity index (χ0) is 16.4. The molecule has 2 aromatic carbocycles. The van der Waals surface area contributed by atoms with Crippen LogP contribution >= 0.6 is 74.4 Å². The molecule has 23 heavy (non-hydrogen) atoms. The van der Waals surface area contributed by atoms with Gasteiger partial charge in [0.15, 0.2) is 8.29 Å². The lowest BCUT2D eigenvalue weighted by Crippen LogP contribution is -1.96. The van der Waals surface area contributed by atoms with Gasteiger partial charge in [0.1, 0.15) is 0 Å². The van der Waals surface area contributed by atoms with Crippen molar-refractivity contribution in [2.45, 2.75) is 10.1 Å². The molecule has 0 saturated carbocycles. The molecule has 0 spiro atoms. The number of hydrogen-bond acceptors (Lipinski definition) is 4. The van der Waals surface area contributed by atoms with Crippen molar-refractivity contribution in [3.8, 4) is 5.69 Å². The second-order valence-electron chi connectivity index (χ2n) is 4.56. The molecule has 3 aromatic rings. The molecule has 0 N–H and O–H groups in total. The Morgan fingerprint density at radius 2 is 1.87 bits per heavy atom. The Hall–Kier alpha value is -0.370. The predicted octanol–water partition coefficient (Wildman–Crippen LogP) is 7.02. The molecule has 2 nitrogen and oxygen atoms in total. The standard InChI is InChI=1S/C15H9BrCl2N2S3/c16-10-3-1-9(2-4-10)8-22-14-19-20(15(21)23-14)11-5-6-12(17)13(18)7-11/h1-7H,8H2. The van der Waals surface area contributed by atoms with Crippen LogP contribution in [-0.2, 0) is 5.75 Å². The van der Waals surface area contributed by atoms with E-state index in [-0.39, 0.29) is 0 Å². The number of benzene rings is 2. The number of thioether (sulfide) groups is 1. The maximum Gasteiger partial charge on any atom is 0.184 e. The topological polar surface area (TPSA) is 17.8 Å². The van der Waals surface area contributed by atoms with Gasteiger partial charge in [-0.2, -0.15) is 0 Å². The van der Waals surface area contributed by atoms with E-state index in [2.05, 4.69) is 33.2 Å². The minimum absolute atomic E-state index is 0.489. The average Bonchev–Trinajstić information content (AvgIpc) is 2.90. The fourth-order valence-corrected chi connectivity index (χ4v) is 4.70. The highest BCUT2D eigenvalue weighted by molar-refractivity contribution is 9.10. The van der Waals surface area contributed by atoms with Crippen LogP contribution in [0.2, 0.25) is 10.0 Å². The Labute approximate surface area is 165 Å². The summed E-state index contributed by atoms with van der Waals surface area (Å²) in [5.74, 6) is 0.844. The molecule has 0 fully saturated rings. The van der Waals surface area contributed by atoms with Crippen molar-refractivity contribution in [3.05, 3.63) is 66.5 Å². The molecule has 0 aliphatic heterocycles. The van der Waals surface area contributed by atoms with Crippen molar-refractivity contribution in [2.75, 3.05) is 0 Å². The summed E-state index contributed by atoms with van der Waals surface area (Å²) in [5, 5.41) is 5.57. The van der Waals surface area contributed by atoms with Gasteiger partial charge in [0.05, 0.1) is 15.7 Å². The molecule has 0 amide bonds. The lowest BCUT2D eigenvalue weighted by atomic mass is 10.2. The molecule has 3 rings (SSSR count). The van der Waals surface area contributed by atoms with E-state index in [1.807, 2.05) is 18.2 Å². The lowest BCUT2D eigenvalue weighted by molar-refractivity contribution is 0.829. The van der Waals surface area contributed by atoms with Gasteiger partial charge in [0.2, 0.25) is 0 Å². The van der Waals surface area contributed by atoms with Crippen molar-refractivity contribution in [2.24, 2.45) is 0 Å². The smallest absolute Gasteiger partial charge is 0.184 e. The number of hydrogen-bond donors (Lipinski definition) is 0. The average molecular weight is 464 g/mol. The van der Waals surface area contributed by atoms with Crippen molar-refractivity contribution in [3.63, 3.8) is 0 Å². The molecule has 0 radical (unpaired) electrons. The van der Waals surface area contributed by atoms with Crippen LogP contribution in [0, 0.1) is 3.95 Å². The Morgan fingerprint density at radius 3 is 2.57 bits per heavy atom. The second-order valence-corrected chi connectivity index (χ2v) is 9.13. The van der Waals surface area contributed by atoms with Crippen molar-refractivity contribution in [1.82, 2.24) is 9.78 Å². The molecule has 0 aliphatic rings. The van der Waals surface area contributed by atoms with Crippen LogP contribution in [0.1, 0.15) is 5.56 Å². The Kier molecular flexibility index (Phi) is 5.82. The van der Waals surface area contributed by atoms with E-state index in [4.69, 9.17) is 35.4 Å². The Bertz CT molecular complexity index is 890. The van der Waals surface area contributed by atoms with Crippen LogP contribution in [-0.4, -0.2) is 9.78 Å². The first-order valence-electron chi connectivity index (χ1n) is 6.46. The van der Waals surface area contributed by atoms with E-state index in [0.717, 1.165) is 20.3 Å². The molecule has 0 atom stereocenters. The first kappa shape index (κ1) is 17.5. The fraction of sp³-hybridized carbons (Fsp3) is 0.0667. The van der Waals surface area contributed by atoms with Crippen LogP contribution in [0.25, 0.3) is 5.69 Å². The fourth-order valence-electron chi connectivity index (χ4n) is 1.82. The molecular formula is C15H9BrCl2N2S3. The molecule has 0 aliphatic carbocycles. The van der Waals surface area contributed by atoms with E-state index >= 15 is 0 Å². The Morgan fingerprint density at radius 1 is 1.13 bits per heavy atom. The summed E-state index contributed by atoms with van der Waals surface area (Å²) < 4.78 is 4.39. The van der Waals surface area contributed by atoms with Gasteiger partial charge >= 0.3 is 0 Å². The summed E-state index contributed by atoms with van der Waals surface area (Å²) in [7, 11) is 0. The first-order valence-corrected chi connectivity index (χ1v) is 10.2. The Balaban J connectivity index is 1.79. The SMILES string of the molecule is S=c1sc(SCc2ccc(Br)cc2)nn1-c1ccc(Cl)c(Cl)c1. The minimum Gasteiger partial charge on any atom is -0.211 e. The maximum atomic E-state index is 6.06. The number of aromatic nitrogens is 2. The van der Waals surface area contributed by atoms with E-state index in [9.17, 15) is 0 Å². The van der Waals surface area contributed by atoms with Crippen molar-refractivity contribution in [1.29, 1.82) is 0 Å². The van der Waals surface area contributed by atoms with Gasteiger partial charge in [0.25, 0.3) is 0 Å². The van der Waals surface area contributed by atoms with E-state index < -0.39 is 0 Å². The van der Waals surface area contributed by atoms with E-state index in [1.165, 1.54) is 16.9 Å². The third-order valence-electron chi connectivity index (χ3n) is 2.95. The molecule has 1 heterocycles. The first-order chi connectivity index (χ1) is 11.0. The van der Waals surface area contributed by atoms with Crippen LogP contribution in [0.5, 0.6) is 0 Å². The molecule has 1 aromatic heterocycles. The molecule has 0 unspecified atom stereocenters. The van der Waals surface area contributed by atoms with Gasteiger partial charge in [-0.05, 0) is 48.1 Å². The third kappa shape index (κ3) is 4.38. The van der Waals surface area contributed by atoms with Crippen LogP contribution in [0.3, 0.4) is 0 Å². The summed E-state index contributed by atoms with van der Waals surface area (Å²) in [4.78, 5) is 0. The van der Waals surface area contributed by atoms with Crippen molar-refractivity contribution < 1.29 is 0 Å². The summed E-state index contributed by atoms with van der Waals surface area (Å²) in [6.07, 6.45) is 0. The number of halogens is 3. The molecule has 8 heteroatoms. The van der Waals surface area contributed by atoms with Crippen LogP contribution in [0.15, 0.2) is 51.3 Å². The minimum atomic E-state index is 0.489. The summed E-state index contributed by atoms with van der Waals surface area (Å²) in [6, 6.07) is 13.6. The van der Waals surface area contributed by atoms with E-state index in [1.54, 1.807) is 28.6 Å². The van der Waals surface area contributed by atoms with Crippen molar-refractivity contribution >= 4 is 74.4 Å². The third-order valence-corrected chi connectivity index (χ3v) is 6.66. The summed E-state index contributed by atoms with van der Waals surface area (Å²) in [5.41, 5.74) is 2.05. The molecule has 118 valence electrons. The van der Waals surface area contributed by atoms with Gasteiger partial charge in [-0.3, -0.25) is 0 Å². The van der Waals surface area contributed by atoms with Gasteiger partial charge in [-0.15, -0.1) is 5.10 Å². The second kappa shape index (κ2) is 7.68. The summed E-state index contributed by atoms with van der Waals surface area (Å²) in [6.45, 7) is 0. The normalized spacial score (nSPS) is 10.9. The predicted molar refractivity (Wildman–Crippen MR) is 106 cm³/mol. The molecule has 0 saturated heterocycles. The molecular weight excluding hydrogens is 455 g/mol. The zero-order valence-electron chi connectivity index (χ0n) is 11.5. The monoisotopic (exact) mass is 462 g/mol. The van der Waals surface area contributed by atoms with Gasteiger partial charge in [-0.1, -0.05) is 74.4 Å². The number of rotatable bonds is 4. The largest absolute Gasteiger partial charge is 0.211 e. The lowest BCUT2D eigenvalue weighted by Gasteiger charge is -2.02. The van der Waals surface area contributed by atoms with Gasteiger partial charge < -0.3 is 0 Å². The number of nitrogens with zero attached hydrogens (tertiary/aromatic N) is 2. The maximum absolute atomic E-state index is 6.06. The van der Waals surface area contributed by atoms with Crippen LogP contribution < -0.4 is 0 Å². The summed E-state index contributed by atoms with van der Waals surface area (Å²) >= 11 is 24.0. The zero-order valence-corrected chi connectivity index (χ0v) is 17.0. The van der Waals surface area contributed by atoms with Gasteiger partial charge in [-0.25, -0.2) is 4.68 Å². The highest BCUT2D eigenvalue weighted by Gasteiger charge is 2.08. The quantitative estimate of drug-likeness (QED) is 0.305. The highest BCUT2D eigenvalue weighted by Crippen LogP contribution is 2.29. The molecule has 0 bridgehead atoms.